The largest absolute Gasteiger partial charge is 0.367 e. The number of fused-ring (bicyclic) bond motifs is 1. The molecule has 4 heterocycles. The highest BCUT2D eigenvalue weighted by atomic mass is 35.5. The fourth-order valence-electron chi connectivity index (χ4n) is 4.93. The van der Waals surface area contributed by atoms with Crippen molar-refractivity contribution in [3.05, 3.63) is 63.9 Å². The molecule has 186 valence electrons. The minimum absolute atomic E-state index is 0.168. The van der Waals surface area contributed by atoms with Crippen LogP contribution in [0.25, 0.3) is 20.8 Å². The van der Waals surface area contributed by atoms with Crippen LogP contribution in [0.1, 0.15) is 12.8 Å². The van der Waals surface area contributed by atoms with E-state index in [1.54, 1.807) is 0 Å². The number of H-pyrrole nitrogens is 1. The van der Waals surface area contributed by atoms with Gasteiger partial charge < -0.3 is 20.4 Å². The Kier molecular flexibility index (Phi) is 6.52. The average Bonchev–Trinajstić information content (AvgIpc) is 3.33. The summed E-state index contributed by atoms with van der Waals surface area (Å²) in [6.45, 7) is 4.93. The van der Waals surface area contributed by atoms with Crippen LogP contribution in [0.15, 0.2) is 53.3 Å². The van der Waals surface area contributed by atoms with Gasteiger partial charge in [-0.3, -0.25) is 9.78 Å². The fourth-order valence-corrected chi connectivity index (χ4v) is 6.19. The minimum Gasteiger partial charge on any atom is -0.367 e. The van der Waals surface area contributed by atoms with E-state index in [0.717, 1.165) is 73.0 Å². The van der Waals surface area contributed by atoms with Crippen molar-refractivity contribution < 1.29 is 0 Å². The van der Waals surface area contributed by atoms with Crippen molar-refractivity contribution >= 4 is 50.6 Å². The lowest BCUT2D eigenvalue weighted by Gasteiger charge is -2.37. The first kappa shape index (κ1) is 23.3. The number of thiazole rings is 1. The third-order valence-corrected chi connectivity index (χ3v) is 8.20. The molecule has 0 bridgehead atoms. The summed E-state index contributed by atoms with van der Waals surface area (Å²) in [6, 6.07) is 16.1. The Morgan fingerprint density at radius 2 is 1.78 bits per heavy atom. The summed E-state index contributed by atoms with van der Waals surface area (Å²) in [4.78, 5) is 30.7. The first-order valence-electron chi connectivity index (χ1n) is 12.4. The van der Waals surface area contributed by atoms with Crippen LogP contribution in [0.4, 0.5) is 17.5 Å². The zero-order valence-electron chi connectivity index (χ0n) is 19.8. The molecule has 1 atom stereocenters. The van der Waals surface area contributed by atoms with Gasteiger partial charge in [0, 0.05) is 38.8 Å². The summed E-state index contributed by atoms with van der Waals surface area (Å²) >= 11 is 7.94. The van der Waals surface area contributed by atoms with Crippen LogP contribution in [0.2, 0.25) is 5.02 Å². The molecule has 6 rings (SSSR count). The van der Waals surface area contributed by atoms with Gasteiger partial charge in [-0.25, -0.2) is 4.98 Å². The second kappa shape index (κ2) is 10.1. The van der Waals surface area contributed by atoms with Gasteiger partial charge in [0.05, 0.1) is 20.9 Å². The number of piperazine rings is 1. The van der Waals surface area contributed by atoms with Crippen LogP contribution in [0.3, 0.4) is 0 Å². The van der Waals surface area contributed by atoms with E-state index in [0.29, 0.717) is 22.3 Å². The number of rotatable bonds is 5. The molecule has 36 heavy (non-hydrogen) atoms. The Labute approximate surface area is 218 Å². The van der Waals surface area contributed by atoms with Gasteiger partial charge >= 0.3 is 0 Å². The molecule has 0 amide bonds. The lowest BCUT2D eigenvalue weighted by Crippen LogP contribution is -2.47. The maximum Gasteiger partial charge on any atom is 0.264 e. The lowest BCUT2D eigenvalue weighted by atomic mass is 10.1. The Balaban J connectivity index is 1.31. The first-order valence-corrected chi connectivity index (χ1v) is 13.6. The molecule has 0 radical (unpaired) electrons. The molecule has 0 aliphatic carbocycles. The predicted molar refractivity (Wildman–Crippen MR) is 149 cm³/mol. The van der Waals surface area contributed by atoms with Crippen LogP contribution in [-0.4, -0.2) is 60.3 Å². The molecule has 3 N–H and O–H groups in total. The molecule has 0 saturated carbocycles. The zero-order valence-corrected chi connectivity index (χ0v) is 21.4. The van der Waals surface area contributed by atoms with Crippen molar-refractivity contribution in [1.29, 1.82) is 0 Å². The molecule has 2 aliphatic rings. The monoisotopic (exact) mass is 521 g/mol. The second-order valence-corrected chi connectivity index (χ2v) is 10.7. The normalized spacial score (nSPS) is 18.5. The molecular weight excluding hydrogens is 494 g/mol. The summed E-state index contributed by atoms with van der Waals surface area (Å²) in [7, 11) is 0. The fraction of sp³-hybridized carbons (Fsp3) is 0.346. The van der Waals surface area contributed by atoms with Gasteiger partial charge in [-0.1, -0.05) is 35.9 Å². The Bertz CT molecular complexity index is 1390. The van der Waals surface area contributed by atoms with Gasteiger partial charge in [-0.15, -0.1) is 11.3 Å². The molecule has 0 spiro atoms. The number of halogens is 1. The van der Waals surface area contributed by atoms with Crippen LogP contribution in [0.5, 0.6) is 0 Å². The smallest absolute Gasteiger partial charge is 0.264 e. The van der Waals surface area contributed by atoms with Gasteiger partial charge in [-0.2, -0.15) is 4.98 Å². The van der Waals surface area contributed by atoms with Crippen molar-refractivity contribution in [2.24, 2.45) is 0 Å². The van der Waals surface area contributed by atoms with Crippen LogP contribution < -0.4 is 26.0 Å². The van der Waals surface area contributed by atoms with Gasteiger partial charge in [0.2, 0.25) is 5.95 Å². The molecule has 0 unspecified atom stereocenters. The lowest BCUT2D eigenvalue weighted by molar-refractivity contribution is 0.479. The van der Waals surface area contributed by atoms with E-state index in [1.165, 1.54) is 11.3 Å². The number of aromatic nitrogens is 3. The van der Waals surface area contributed by atoms with Gasteiger partial charge in [0.25, 0.3) is 5.56 Å². The van der Waals surface area contributed by atoms with E-state index in [1.807, 2.05) is 48.5 Å². The number of nitrogens with zero attached hydrogens (tertiary/aromatic N) is 4. The van der Waals surface area contributed by atoms with Crippen LogP contribution >= 0.6 is 22.9 Å². The number of benzene rings is 2. The Morgan fingerprint density at radius 3 is 2.56 bits per heavy atom. The van der Waals surface area contributed by atoms with Crippen LogP contribution in [-0.2, 0) is 0 Å². The summed E-state index contributed by atoms with van der Waals surface area (Å²) in [5.74, 6) is 1.20. The number of aromatic amines is 1. The number of nitrogens with one attached hydrogen (secondary N) is 3. The molecule has 10 heteroatoms. The molecule has 4 aromatic rings. The summed E-state index contributed by atoms with van der Waals surface area (Å²) in [5.41, 5.74) is 2.28. The zero-order chi connectivity index (χ0) is 24.5. The van der Waals surface area contributed by atoms with Crippen molar-refractivity contribution in [3.63, 3.8) is 0 Å². The van der Waals surface area contributed by atoms with Crippen molar-refractivity contribution in [3.8, 4) is 10.6 Å². The highest BCUT2D eigenvalue weighted by Gasteiger charge is 2.25. The van der Waals surface area contributed by atoms with E-state index in [-0.39, 0.29) is 11.6 Å². The van der Waals surface area contributed by atoms with Gasteiger partial charge in [-0.05, 0) is 43.7 Å². The maximum atomic E-state index is 13.5. The van der Waals surface area contributed by atoms with Crippen molar-refractivity contribution in [2.45, 2.75) is 18.9 Å². The van der Waals surface area contributed by atoms with Gasteiger partial charge in [0.15, 0.2) is 0 Å². The summed E-state index contributed by atoms with van der Waals surface area (Å²) in [6.07, 6.45) is 2.13. The number of hydrogen-bond donors (Lipinski definition) is 3. The predicted octanol–water partition coefficient (Wildman–Crippen LogP) is 4.19. The topological polar surface area (TPSA) is 89.2 Å². The molecule has 8 nitrogen and oxygen atoms in total. The summed E-state index contributed by atoms with van der Waals surface area (Å²) in [5, 5.41) is 8.45. The quantitative estimate of drug-likeness (QED) is 0.363. The third-order valence-electron chi connectivity index (χ3n) is 6.82. The van der Waals surface area contributed by atoms with E-state index in [2.05, 4.69) is 25.4 Å². The van der Waals surface area contributed by atoms with Crippen LogP contribution in [0, 0.1) is 0 Å². The molecule has 2 aromatic heterocycles. The summed E-state index contributed by atoms with van der Waals surface area (Å²) < 4.78 is 1.05. The third kappa shape index (κ3) is 4.66. The molecule has 2 fully saturated rings. The number of para-hydroxylation sites is 2. The average molecular weight is 522 g/mol. The molecule has 2 aromatic carbocycles. The molecule has 2 aliphatic heterocycles. The first-order chi connectivity index (χ1) is 17.7. The highest BCUT2D eigenvalue weighted by Crippen LogP contribution is 2.33. The van der Waals surface area contributed by atoms with E-state index < -0.39 is 0 Å². The number of piperidine rings is 1. The maximum absolute atomic E-state index is 13.5. The Morgan fingerprint density at radius 1 is 1.00 bits per heavy atom. The van der Waals surface area contributed by atoms with E-state index >= 15 is 0 Å². The van der Waals surface area contributed by atoms with E-state index in [4.69, 9.17) is 21.6 Å². The Hall–Kier alpha value is -3.14. The SMILES string of the molecule is O=c1[nH]c(N2CCN(c3ccccc3Cl)CC2)nc(N[C@@H]2CCCNC2)c1-c1nc2ccccc2s1. The molecule has 2 saturated heterocycles. The number of anilines is 3. The van der Waals surface area contributed by atoms with Gasteiger partial charge in [0.1, 0.15) is 16.4 Å². The standard InChI is InChI=1S/C26H28ClN7OS/c27-18-7-1-3-9-20(18)33-12-14-34(15-13-33)26-31-23(29-17-6-5-11-28-16-17)22(24(35)32-26)25-30-19-8-2-4-10-21(19)36-25/h1-4,7-10,17,28H,5-6,11-16H2,(H2,29,31,32,35)/t17-/m1/s1. The highest BCUT2D eigenvalue weighted by molar-refractivity contribution is 7.21. The second-order valence-electron chi connectivity index (χ2n) is 9.21. The molecular formula is C26H28ClN7OS. The number of hydrogen-bond acceptors (Lipinski definition) is 8. The minimum atomic E-state index is -0.168. The van der Waals surface area contributed by atoms with E-state index in [9.17, 15) is 4.79 Å². The van der Waals surface area contributed by atoms with Crippen molar-refractivity contribution in [1.82, 2.24) is 20.3 Å². The van der Waals surface area contributed by atoms with Crippen molar-refractivity contribution in [2.75, 3.05) is 54.4 Å².